The van der Waals surface area contributed by atoms with Crippen LogP contribution in [0.25, 0.3) is 5.69 Å². The highest BCUT2D eigenvalue weighted by Gasteiger charge is 2.49. The van der Waals surface area contributed by atoms with Gasteiger partial charge >= 0.3 is 6.03 Å². The maximum Gasteiger partial charge on any atom is 0.325 e. The van der Waals surface area contributed by atoms with Crippen molar-refractivity contribution in [1.82, 2.24) is 40.2 Å². The zero-order chi connectivity index (χ0) is 23.5. The van der Waals surface area contributed by atoms with Crippen molar-refractivity contribution >= 4 is 29.7 Å². The molecule has 3 amide bonds. The van der Waals surface area contributed by atoms with Crippen LogP contribution in [0, 0.1) is 0 Å². The second-order valence-corrected chi connectivity index (χ2v) is 9.76. The molecule has 0 aliphatic carbocycles. The number of nitrogens with one attached hydrogen (secondary N) is 1. The van der Waals surface area contributed by atoms with Crippen molar-refractivity contribution in [2.45, 2.75) is 49.5 Å². The number of guanidine groups is 1. The summed E-state index contributed by atoms with van der Waals surface area (Å²) in [5, 5.41) is 15.3. The third-order valence-corrected chi connectivity index (χ3v) is 7.45. The summed E-state index contributed by atoms with van der Waals surface area (Å²) in [6.07, 6.45) is 4.97. The number of rotatable bonds is 6. The number of imide groups is 1. The van der Waals surface area contributed by atoms with E-state index >= 15 is 0 Å². The number of nitrogens with zero attached hydrogens (tertiary/aromatic N) is 8. The van der Waals surface area contributed by atoms with E-state index in [4.69, 9.17) is 4.99 Å². The van der Waals surface area contributed by atoms with Crippen LogP contribution in [0.15, 0.2) is 40.5 Å². The largest absolute Gasteiger partial charge is 0.343 e. The summed E-state index contributed by atoms with van der Waals surface area (Å²) in [6, 6.07) is 8.91. The van der Waals surface area contributed by atoms with Gasteiger partial charge in [-0.1, -0.05) is 42.8 Å². The molecule has 180 valence electrons. The van der Waals surface area contributed by atoms with E-state index in [-0.39, 0.29) is 5.91 Å². The molecule has 1 aromatic heterocycles. The minimum absolute atomic E-state index is 0.276. The number of aliphatic imine (C=N–C) groups is 1. The van der Waals surface area contributed by atoms with Gasteiger partial charge in [0.2, 0.25) is 5.16 Å². The number of likely N-dealkylation sites (tertiary alicyclic amines) is 1. The van der Waals surface area contributed by atoms with Crippen LogP contribution in [0.3, 0.4) is 0 Å². The number of thioether (sulfide) groups is 1. The molecular formula is C22H29N9O2S. The number of carbonyl (C=O) groups is 2. The first-order valence-corrected chi connectivity index (χ1v) is 12.8. The monoisotopic (exact) mass is 483 g/mol. The molecule has 0 saturated carbocycles. The lowest BCUT2D eigenvalue weighted by Gasteiger charge is -2.37. The van der Waals surface area contributed by atoms with Gasteiger partial charge in [0.15, 0.2) is 18.2 Å². The van der Waals surface area contributed by atoms with Gasteiger partial charge in [0.25, 0.3) is 5.91 Å². The van der Waals surface area contributed by atoms with E-state index in [1.165, 1.54) is 17.7 Å². The van der Waals surface area contributed by atoms with Crippen LogP contribution < -0.4 is 5.32 Å². The second kappa shape index (κ2) is 10.00. The predicted molar refractivity (Wildman–Crippen MR) is 128 cm³/mol. The maximum absolute atomic E-state index is 12.8. The van der Waals surface area contributed by atoms with Crippen molar-refractivity contribution in [3.63, 3.8) is 0 Å². The number of carbonyl (C=O) groups excluding carboxylic acids is 2. The second-order valence-electron chi connectivity index (χ2n) is 8.70. The van der Waals surface area contributed by atoms with Crippen molar-refractivity contribution in [3.05, 3.63) is 30.3 Å². The molecule has 2 aromatic rings. The third kappa shape index (κ3) is 4.46. The number of amides is 3. The zero-order valence-corrected chi connectivity index (χ0v) is 20.0. The fraction of sp³-hybridized carbons (Fsp3) is 0.545. The topological polar surface area (TPSA) is 112 Å². The molecule has 2 saturated heterocycles. The lowest BCUT2D eigenvalue weighted by Crippen LogP contribution is -2.64. The summed E-state index contributed by atoms with van der Waals surface area (Å²) in [5.74, 6) is 1.35. The molecule has 0 radical (unpaired) electrons. The Morgan fingerprint density at radius 3 is 2.62 bits per heavy atom. The summed E-state index contributed by atoms with van der Waals surface area (Å²) in [6.45, 7) is 2.51. The molecule has 3 aliphatic heterocycles. The van der Waals surface area contributed by atoms with Crippen molar-refractivity contribution in [2.75, 3.05) is 32.4 Å². The number of tetrazole rings is 1. The normalized spacial score (nSPS) is 23.0. The van der Waals surface area contributed by atoms with E-state index < -0.39 is 18.2 Å². The van der Waals surface area contributed by atoms with Crippen LogP contribution in [0.4, 0.5) is 4.79 Å². The average Bonchev–Trinajstić information content (AvgIpc) is 3.37. The molecule has 3 aliphatic rings. The van der Waals surface area contributed by atoms with E-state index in [0.717, 1.165) is 54.9 Å². The first kappa shape index (κ1) is 22.6. The molecule has 1 aromatic carbocycles. The molecular weight excluding hydrogens is 454 g/mol. The predicted octanol–water partition coefficient (Wildman–Crippen LogP) is 1.57. The SMILES string of the molecule is CN1C(=O)NC(=O)C2C1N=C(N1CCCCCC1)N2CCCSc1nnnn1-c1ccccc1. The minimum Gasteiger partial charge on any atom is -0.343 e. The van der Waals surface area contributed by atoms with E-state index in [2.05, 4.69) is 30.6 Å². The molecule has 0 spiro atoms. The molecule has 12 heteroatoms. The molecule has 11 nitrogen and oxygen atoms in total. The maximum atomic E-state index is 12.8. The Kier molecular flexibility index (Phi) is 6.66. The summed E-state index contributed by atoms with van der Waals surface area (Å²) in [5.41, 5.74) is 0.916. The highest BCUT2D eigenvalue weighted by atomic mass is 32.2. The first-order valence-electron chi connectivity index (χ1n) is 11.8. The van der Waals surface area contributed by atoms with Gasteiger partial charge in [-0.25, -0.2) is 9.79 Å². The van der Waals surface area contributed by atoms with Crippen LogP contribution in [0.1, 0.15) is 32.1 Å². The number of aromatic nitrogens is 4. The summed E-state index contributed by atoms with van der Waals surface area (Å²) >= 11 is 1.58. The number of likely N-dealkylation sites (N-methyl/N-ethyl adjacent to an activating group) is 1. The highest BCUT2D eigenvalue weighted by molar-refractivity contribution is 7.99. The molecule has 34 heavy (non-hydrogen) atoms. The van der Waals surface area contributed by atoms with Gasteiger partial charge in [0, 0.05) is 32.4 Å². The fourth-order valence-corrected chi connectivity index (χ4v) is 5.50. The lowest BCUT2D eigenvalue weighted by atomic mass is 10.1. The fourth-order valence-electron chi connectivity index (χ4n) is 4.68. The van der Waals surface area contributed by atoms with Crippen LogP contribution >= 0.6 is 11.8 Å². The molecule has 4 heterocycles. The summed E-state index contributed by atoms with van der Waals surface area (Å²) in [4.78, 5) is 35.8. The first-order chi connectivity index (χ1) is 16.6. The summed E-state index contributed by atoms with van der Waals surface area (Å²) < 4.78 is 1.73. The Hall–Kier alpha value is -3.15. The van der Waals surface area contributed by atoms with Crippen LogP contribution in [0.5, 0.6) is 0 Å². The molecule has 2 unspecified atom stereocenters. The quantitative estimate of drug-likeness (QED) is 0.487. The zero-order valence-electron chi connectivity index (χ0n) is 19.2. The van der Waals surface area contributed by atoms with Crippen LogP contribution in [-0.2, 0) is 4.79 Å². The van der Waals surface area contributed by atoms with Gasteiger partial charge in [-0.05, 0) is 41.8 Å². The Bertz CT molecular complexity index is 1050. The Balaban J connectivity index is 1.28. The van der Waals surface area contributed by atoms with E-state index in [9.17, 15) is 9.59 Å². The van der Waals surface area contributed by atoms with Gasteiger partial charge < -0.3 is 14.7 Å². The smallest absolute Gasteiger partial charge is 0.325 e. The minimum atomic E-state index is -0.499. The van der Waals surface area contributed by atoms with Gasteiger partial charge in [-0.3, -0.25) is 10.1 Å². The van der Waals surface area contributed by atoms with Gasteiger partial charge in [-0.2, -0.15) is 4.68 Å². The van der Waals surface area contributed by atoms with Crippen LogP contribution in [-0.4, -0.2) is 97.4 Å². The standard InChI is InChI=1S/C22H29N9O2S/c1-28-18-17(19(32)24-21(28)33)30(20(23-18)29-12-7-2-3-8-13-29)14-9-15-34-22-25-26-27-31(22)16-10-5-4-6-11-16/h4-6,10-11,17-18H,2-3,7-9,12-15H2,1H3,(H,24,32,33). The highest BCUT2D eigenvalue weighted by Crippen LogP contribution is 2.27. The molecule has 0 bridgehead atoms. The van der Waals surface area contributed by atoms with Gasteiger partial charge in [-0.15, -0.1) is 5.10 Å². The molecule has 2 fully saturated rings. The Morgan fingerprint density at radius 2 is 1.85 bits per heavy atom. The number of hydrogen-bond acceptors (Lipinski definition) is 9. The van der Waals surface area contributed by atoms with E-state index in [1.807, 2.05) is 30.3 Å². The van der Waals surface area contributed by atoms with Crippen molar-refractivity contribution < 1.29 is 9.59 Å². The van der Waals surface area contributed by atoms with Crippen molar-refractivity contribution in [1.29, 1.82) is 0 Å². The molecule has 2 atom stereocenters. The van der Waals surface area contributed by atoms with Gasteiger partial charge in [0.05, 0.1) is 5.69 Å². The third-order valence-electron chi connectivity index (χ3n) is 6.44. The number of benzene rings is 1. The lowest BCUT2D eigenvalue weighted by molar-refractivity contribution is -0.127. The number of urea groups is 1. The Labute approximate surface area is 202 Å². The van der Waals surface area contributed by atoms with E-state index in [0.29, 0.717) is 6.54 Å². The Morgan fingerprint density at radius 1 is 1.09 bits per heavy atom. The van der Waals surface area contributed by atoms with Gasteiger partial charge in [0.1, 0.15) is 0 Å². The number of para-hydroxylation sites is 1. The molecule has 1 N–H and O–H groups in total. The van der Waals surface area contributed by atoms with Crippen molar-refractivity contribution in [2.24, 2.45) is 4.99 Å². The summed E-state index contributed by atoms with van der Waals surface area (Å²) in [7, 11) is 1.70. The molecule has 5 rings (SSSR count). The van der Waals surface area contributed by atoms with Crippen molar-refractivity contribution in [3.8, 4) is 5.69 Å². The van der Waals surface area contributed by atoms with E-state index in [1.54, 1.807) is 23.5 Å². The number of hydrogen-bond donors (Lipinski definition) is 1. The number of fused-ring (bicyclic) bond motifs is 1. The van der Waals surface area contributed by atoms with Crippen LogP contribution in [0.2, 0.25) is 0 Å². The average molecular weight is 484 g/mol.